The molecule has 0 N–H and O–H groups in total. The van der Waals surface area contributed by atoms with E-state index in [4.69, 9.17) is 0 Å². The molecule has 0 radical (unpaired) electrons. The van der Waals surface area contributed by atoms with Crippen LogP contribution in [0.25, 0.3) is 44.5 Å². The Hall–Kier alpha value is -4.04. The zero-order chi connectivity index (χ0) is 35.4. The number of hydrogen-bond donors (Lipinski definition) is 0. The summed E-state index contributed by atoms with van der Waals surface area (Å²) in [6.45, 7) is 26.0. The van der Waals surface area contributed by atoms with Gasteiger partial charge in [0.15, 0.2) is 11.6 Å². The van der Waals surface area contributed by atoms with Crippen LogP contribution in [0.4, 0.5) is 8.78 Å². The highest BCUT2D eigenvalue weighted by Gasteiger charge is 2.29. The molecule has 0 amide bonds. The van der Waals surface area contributed by atoms with Crippen molar-refractivity contribution in [2.45, 2.75) is 105 Å². The summed E-state index contributed by atoms with van der Waals surface area (Å²) in [7, 11) is 0. The van der Waals surface area contributed by atoms with E-state index in [-0.39, 0.29) is 32.8 Å². The van der Waals surface area contributed by atoms with Crippen molar-refractivity contribution in [1.29, 1.82) is 0 Å². The van der Waals surface area contributed by atoms with Gasteiger partial charge in [-0.2, -0.15) is 0 Å². The second-order valence-corrected chi connectivity index (χ2v) is 17.4. The van der Waals surface area contributed by atoms with Gasteiger partial charge in [0, 0.05) is 22.3 Å². The van der Waals surface area contributed by atoms with Crippen LogP contribution in [-0.2, 0) is 21.7 Å². The van der Waals surface area contributed by atoms with Crippen LogP contribution in [0.5, 0.6) is 0 Å². The largest absolute Gasteiger partial charge is 0.203 e. The van der Waals surface area contributed by atoms with Gasteiger partial charge in [-0.15, -0.1) is 0 Å². The molecule has 0 unspecified atom stereocenters. The summed E-state index contributed by atoms with van der Waals surface area (Å²) in [4.78, 5) is 0. The Morgan fingerprint density at radius 1 is 0.271 bits per heavy atom. The summed E-state index contributed by atoms with van der Waals surface area (Å²) in [6.07, 6.45) is 0. The van der Waals surface area contributed by atoms with Crippen LogP contribution >= 0.6 is 0 Å². The minimum Gasteiger partial charge on any atom is -0.203 e. The number of hydrogen-bond acceptors (Lipinski definition) is 0. The van der Waals surface area contributed by atoms with E-state index in [1.165, 1.54) is 11.1 Å². The normalized spacial score (nSPS) is 12.8. The summed E-state index contributed by atoms with van der Waals surface area (Å²) >= 11 is 0. The molecule has 250 valence electrons. The monoisotopic (exact) mass is 642 g/mol. The van der Waals surface area contributed by atoms with Gasteiger partial charge < -0.3 is 0 Å². The minimum absolute atomic E-state index is 0.0518. The molecule has 0 aromatic heterocycles. The van der Waals surface area contributed by atoms with Gasteiger partial charge in [0.1, 0.15) is 0 Å². The fourth-order valence-electron chi connectivity index (χ4n) is 6.36. The highest BCUT2D eigenvalue weighted by Crippen LogP contribution is 2.49. The molecule has 0 atom stereocenters. The lowest BCUT2D eigenvalue weighted by Crippen LogP contribution is -2.11. The van der Waals surface area contributed by atoms with E-state index in [1.807, 2.05) is 48.5 Å². The molecule has 2 heteroatoms. The summed E-state index contributed by atoms with van der Waals surface area (Å²) in [5.41, 5.74) is 9.31. The van der Waals surface area contributed by atoms with E-state index in [1.54, 1.807) is 0 Å². The molecule has 0 saturated heterocycles. The molecule has 0 nitrogen and oxygen atoms in total. The van der Waals surface area contributed by atoms with Crippen LogP contribution in [0.1, 0.15) is 105 Å². The van der Waals surface area contributed by atoms with Crippen LogP contribution in [0.3, 0.4) is 0 Å². The average Bonchev–Trinajstić information content (AvgIpc) is 3.00. The lowest BCUT2D eigenvalue weighted by atomic mass is 9.79. The van der Waals surface area contributed by atoms with Crippen molar-refractivity contribution in [2.24, 2.45) is 0 Å². The van der Waals surface area contributed by atoms with E-state index < -0.39 is 11.6 Å². The molecule has 0 bridgehead atoms. The maximum atomic E-state index is 17.0. The molecule has 0 aliphatic rings. The van der Waals surface area contributed by atoms with Crippen LogP contribution in [0, 0.1) is 11.6 Å². The Balaban J connectivity index is 1.93. The molecule has 5 rings (SSSR count). The second-order valence-electron chi connectivity index (χ2n) is 17.4. The van der Waals surface area contributed by atoms with Crippen molar-refractivity contribution >= 4 is 0 Å². The zero-order valence-corrected chi connectivity index (χ0v) is 31.0. The lowest BCUT2D eigenvalue weighted by molar-refractivity contribution is 0.514. The van der Waals surface area contributed by atoms with Crippen LogP contribution < -0.4 is 0 Å². The van der Waals surface area contributed by atoms with Crippen molar-refractivity contribution < 1.29 is 8.78 Å². The van der Waals surface area contributed by atoms with E-state index in [9.17, 15) is 0 Å². The third-order valence-electron chi connectivity index (χ3n) is 9.54. The molecule has 0 heterocycles. The lowest BCUT2D eigenvalue weighted by Gasteiger charge is -2.25. The Labute approximate surface area is 288 Å². The fraction of sp³-hybridized carbons (Fsp3) is 0.348. The highest BCUT2D eigenvalue weighted by molar-refractivity contribution is 6.02. The predicted molar refractivity (Wildman–Crippen MR) is 203 cm³/mol. The minimum atomic E-state index is -0.835. The van der Waals surface area contributed by atoms with E-state index in [0.717, 1.165) is 22.3 Å². The zero-order valence-electron chi connectivity index (χ0n) is 31.0. The van der Waals surface area contributed by atoms with Gasteiger partial charge in [0.05, 0.1) is 0 Å². The van der Waals surface area contributed by atoms with Gasteiger partial charge in [-0.25, -0.2) is 8.78 Å². The Morgan fingerprint density at radius 2 is 0.438 bits per heavy atom. The third kappa shape index (κ3) is 7.05. The first-order chi connectivity index (χ1) is 22.2. The number of rotatable bonds is 4. The van der Waals surface area contributed by atoms with Crippen molar-refractivity contribution in [2.75, 3.05) is 0 Å². The molecule has 0 spiro atoms. The first-order valence-corrected chi connectivity index (χ1v) is 17.2. The average molecular weight is 643 g/mol. The third-order valence-corrected chi connectivity index (χ3v) is 9.54. The standard InChI is InChI=1S/C46H52F2/c1-43(2,3)33-21-13-29(14-22-33)37-38(30-15-23-34(24-16-30)44(4,5)6)40(32-19-27-36(28-20-32)46(10,11)12)42(48)41(47)39(37)31-17-25-35(26-18-31)45(7,8)9/h13-28H,1-12H3. The van der Waals surface area contributed by atoms with Gasteiger partial charge >= 0.3 is 0 Å². The molecule has 0 aliphatic carbocycles. The molecule has 5 aromatic rings. The summed E-state index contributed by atoms with van der Waals surface area (Å²) in [5, 5.41) is 0. The molecule has 0 fully saturated rings. The van der Waals surface area contributed by atoms with Gasteiger partial charge in [-0.05, 0) is 66.2 Å². The quantitative estimate of drug-likeness (QED) is 0.183. The van der Waals surface area contributed by atoms with Crippen LogP contribution in [-0.4, -0.2) is 0 Å². The molecule has 48 heavy (non-hydrogen) atoms. The summed E-state index contributed by atoms with van der Waals surface area (Å²) < 4.78 is 34.0. The predicted octanol–water partition coefficient (Wildman–Crippen LogP) is 13.8. The van der Waals surface area contributed by atoms with E-state index in [0.29, 0.717) is 22.3 Å². The van der Waals surface area contributed by atoms with E-state index in [2.05, 4.69) is 132 Å². The van der Waals surface area contributed by atoms with Gasteiger partial charge in [0.2, 0.25) is 0 Å². The molecular formula is C46H52F2. The first kappa shape index (κ1) is 35.3. The SMILES string of the molecule is CC(C)(C)c1ccc(-c2c(F)c(F)c(-c3ccc(C(C)(C)C)cc3)c(-c3ccc(C(C)(C)C)cc3)c2-c2ccc(C(C)(C)C)cc2)cc1. The smallest absolute Gasteiger partial charge is 0.167 e. The summed E-state index contributed by atoms with van der Waals surface area (Å²) in [6, 6.07) is 32.7. The van der Waals surface area contributed by atoms with Crippen molar-refractivity contribution in [1.82, 2.24) is 0 Å². The second kappa shape index (κ2) is 12.4. The van der Waals surface area contributed by atoms with Gasteiger partial charge in [-0.3, -0.25) is 0 Å². The van der Waals surface area contributed by atoms with E-state index >= 15 is 8.78 Å². The Morgan fingerprint density at radius 3 is 0.604 bits per heavy atom. The van der Waals surface area contributed by atoms with Gasteiger partial charge in [-0.1, -0.05) is 180 Å². The van der Waals surface area contributed by atoms with Crippen molar-refractivity contribution in [3.63, 3.8) is 0 Å². The number of benzene rings is 5. The molecule has 5 aromatic carbocycles. The highest BCUT2D eigenvalue weighted by atomic mass is 19.2. The van der Waals surface area contributed by atoms with Crippen molar-refractivity contribution in [3.05, 3.63) is 131 Å². The molecule has 0 aliphatic heterocycles. The fourth-order valence-corrected chi connectivity index (χ4v) is 6.36. The molecular weight excluding hydrogens is 591 g/mol. The maximum Gasteiger partial charge on any atom is 0.167 e. The number of halogens is 2. The van der Waals surface area contributed by atoms with Gasteiger partial charge in [0.25, 0.3) is 0 Å². The van der Waals surface area contributed by atoms with Crippen molar-refractivity contribution in [3.8, 4) is 44.5 Å². The Kier molecular flexibility index (Phi) is 9.14. The molecule has 0 saturated carbocycles. The van der Waals surface area contributed by atoms with Crippen LogP contribution in [0.2, 0.25) is 0 Å². The summed E-state index contributed by atoms with van der Waals surface area (Å²) in [5.74, 6) is -1.67. The maximum absolute atomic E-state index is 17.0. The first-order valence-electron chi connectivity index (χ1n) is 17.2. The van der Waals surface area contributed by atoms with Crippen LogP contribution in [0.15, 0.2) is 97.1 Å². The topological polar surface area (TPSA) is 0 Å². The Bertz CT molecular complexity index is 1750.